The van der Waals surface area contributed by atoms with Crippen LogP contribution < -0.4 is 5.73 Å². The Kier molecular flexibility index (Phi) is 2.81. The molecule has 2 heterocycles. The standard InChI is InChI=1S/C19H27N3O2/c20-15(23)17-5-8-18(9-6-17,10-7-17)22-13-19(12-14-2-3-14)4-1-11-21(19)16(22)24/h1,4,14H,2-3,5-13H2,(H2,20,23)/t17?,18?,19-/m0/s1. The van der Waals surface area contributed by atoms with E-state index in [1.54, 1.807) is 0 Å². The SMILES string of the molecule is NC(=O)C12CCC(N3C[C@@]4(CC5CC5)C=CCN4C3=O)(CC1)CC2. The molecule has 5 nitrogen and oxygen atoms in total. The molecule has 0 aromatic heterocycles. The number of carbonyl (C=O) groups excluding carboxylic acids is 2. The predicted molar refractivity (Wildman–Crippen MR) is 90.1 cm³/mol. The number of hydrogen-bond donors (Lipinski definition) is 1. The average Bonchev–Trinajstić information content (AvgIpc) is 3.23. The number of nitrogens with zero attached hydrogens (tertiary/aromatic N) is 2. The van der Waals surface area contributed by atoms with Crippen LogP contribution in [-0.4, -0.2) is 45.9 Å². The Labute approximate surface area is 143 Å². The number of fused-ring (bicyclic) bond motifs is 4. The first-order valence-electron chi connectivity index (χ1n) is 9.56. The molecule has 0 aromatic carbocycles. The molecule has 1 saturated heterocycles. The van der Waals surface area contributed by atoms with E-state index in [1.165, 1.54) is 12.8 Å². The zero-order chi connectivity index (χ0) is 16.6. The molecule has 6 aliphatic rings. The minimum absolute atomic E-state index is 0.0248. The van der Waals surface area contributed by atoms with Crippen LogP contribution in [0.25, 0.3) is 0 Å². The summed E-state index contributed by atoms with van der Waals surface area (Å²) in [6, 6.07) is 0.231. The molecule has 130 valence electrons. The molecule has 0 spiro atoms. The first kappa shape index (κ1) is 14.8. The van der Waals surface area contributed by atoms with E-state index >= 15 is 0 Å². The van der Waals surface area contributed by atoms with Crippen LogP contribution in [0, 0.1) is 11.3 Å². The van der Waals surface area contributed by atoms with Gasteiger partial charge < -0.3 is 15.5 Å². The Bertz CT molecular complexity index is 614. The zero-order valence-corrected chi connectivity index (χ0v) is 14.3. The summed E-state index contributed by atoms with van der Waals surface area (Å²) in [5, 5.41) is 0. The van der Waals surface area contributed by atoms with Gasteiger partial charge in [0.25, 0.3) is 0 Å². The lowest BCUT2D eigenvalue weighted by atomic mass is 9.56. The van der Waals surface area contributed by atoms with Gasteiger partial charge in [-0.3, -0.25) is 4.79 Å². The summed E-state index contributed by atoms with van der Waals surface area (Å²) in [5.41, 5.74) is 5.32. The average molecular weight is 329 g/mol. The van der Waals surface area contributed by atoms with Crippen LogP contribution in [0.5, 0.6) is 0 Å². The van der Waals surface area contributed by atoms with E-state index in [0.717, 1.165) is 64.0 Å². The molecule has 24 heavy (non-hydrogen) atoms. The fourth-order valence-corrected chi connectivity index (χ4v) is 5.92. The first-order chi connectivity index (χ1) is 11.5. The third kappa shape index (κ3) is 1.81. The van der Waals surface area contributed by atoms with Crippen molar-refractivity contribution in [2.24, 2.45) is 17.1 Å². The van der Waals surface area contributed by atoms with E-state index in [1.807, 2.05) is 0 Å². The number of carbonyl (C=O) groups is 2. The van der Waals surface area contributed by atoms with Gasteiger partial charge in [0.2, 0.25) is 5.91 Å². The lowest BCUT2D eigenvalue weighted by Gasteiger charge is -2.55. The maximum Gasteiger partial charge on any atom is 0.321 e. The molecule has 3 amide bonds. The van der Waals surface area contributed by atoms with Crippen LogP contribution in [0.3, 0.4) is 0 Å². The molecule has 2 aliphatic heterocycles. The predicted octanol–water partition coefficient (Wildman–Crippen LogP) is 2.41. The molecular formula is C19H27N3O2. The van der Waals surface area contributed by atoms with Crippen molar-refractivity contribution in [3.63, 3.8) is 0 Å². The molecule has 2 bridgehead atoms. The quantitative estimate of drug-likeness (QED) is 0.805. The van der Waals surface area contributed by atoms with Gasteiger partial charge in [-0.05, 0) is 50.9 Å². The van der Waals surface area contributed by atoms with Crippen LogP contribution in [0.1, 0.15) is 57.8 Å². The third-order valence-corrected chi connectivity index (χ3v) is 7.79. The number of urea groups is 1. The summed E-state index contributed by atoms with van der Waals surface area (Å²) < 4.78 is 0. The zero-order valence-electron chi connectivity index (χ0n) is 14.3. The minimum Gasteiger partial charge on any atom is -0.369 e. The fourth-order valence-electron chi connectivity index (χ4n) is 5.92. The largest absolute Gasteiger partial charge is 0.369 e. The van der Waals surface area contributed by atoms with Crippen LogP contribution in [0.4, 0.5) is 4.79 Å². The molecular weight excluding hydrogens is 302 g/mol. The molecule has 1 atom stereocenters. The van der Waals surface area contributed by atoms with Crippen LogP contribution in [-0.2, 0) is 4.79 Å². The fraction of sp³-hybridized carbons (Fsp3) is 0.789. The van der Waals surface area contributed by atoms with Crippen molar-refractivity contribution in [2.75, 3.05) is 13.1 Å². The molecule has 2 N–H and O–H groups in total. The smallest absolute Gasteiger partial charge is 0.321 e. The topological polar surface area (TPSA) is 66.6 Å². The Morgan fingerprint density at radius 2 is 1.79 bits per heavy atom. The van der Waals surface area contributed by atoms with Gasteiger partial charge in [-0.15, -0.1) is 0 Å². The van der Waals surface area contributed by atoms with Gasteiger partial charge in [-0.25, -0.2) is 4.79 Å². The normalized spacial score (nSPS) is 43.6. The first-order valence-corrected chi connectivity index (χ1v) is 9.56. The van der Waals surface area contributed by atoms with Gasteiger partial charge in [0, 0.05) is 24.0 Å². The Balaban J connectivity index is 1.41. The molecule has 5 fully saturated rings. The van der Waals surface area contributed by atoms with Gasteiger partial charge in [-0.1, -0.05) is 25.0 Å². The third-order valence-electron chi connectivity index (χ3n) is 7.79. The van der Waals surface area contributed by atoms with E-state index in [4.69, 9.17) is 5.73 Å². The molecule has 6 rings (SSSR count). The summed E-state index contributed by atoms with van der Waals surface area (Å²) in [6.45, 7) is 1.62. The molecule has 0 aromatic rings. The molecule has 4 saturated carbocycles. The molecule has 0 radical (unpaired) electrons. The maximum atomic E-state index is 13.2. The summed E-state index contributed by atoms with van der Waals surface area (Å²) in [6.07, 6.45) is 13.7. The highest BCUT2D eigenvalue weighted by molar-refractivity contribution is 5.83. The second-order valence-corrected chi connectivity index (χ2v) is 9.00. The van der Waals surface area contributed by atoms with Crippen molar-refractivity contribution < 1.29 is 9.59 Å². The van der Waals surface area contributed by atoms with E-state index in [0.29, 0.717) is 0 Å². The summed E-state index contributed by atoms with van der Waals surface area (Å²) in [5.74, 6) is 0.679. The van der Waals surface area contributed by atoms with Crippen molar-refractivity contribution in [2.45, 2.75) is 68.9 Å². The second kappa shape index (κ2) is 4.55. The summed E-state index contributed by atoms with van der Waals surface area (Å²) >= 11 is 0. The highest BCUT2D eigenvalue weighted by Gasteiger charge is 2.61. The molecule has 0 unspecified atom stereocenters. The van der Waals surface area contributed by atoms with E-state index in [2.05, 4.69) is 22.0 Å². The van der Waals surface area contributed by atoms with Crippen LogP contribution in [0.2, 0.25) is 0 Å². The van der Waals surface area contributed by atoms with Gasteiger partial charge in [-0.2, -0.15) is 0 Å². The van der Waals surface area contributed by atoms with Crippen molar-refractivity contribution in [3.05, 3.63) is 12.2 Å². The van der Waals surface area contributed by atoms with Crippen molar-refractivity contribution in [3.8, 4) is 0 Å². The van der Waals surface area contributed by atoms with Gasteiger partial charge in [0.15, 0.2) is 0 Å². The highest BCUT2D eigenvalue weighted by atomic mass is 16.2. The Hall–Kier alpha value is -1.52. The van der Waals surface area contributed by atoms with Crippen molar-refractivity contribution in [1.29, 1.82) is 0 Å². The summed E-state index contributed by atoms with van der Waals surface area (Å²) in [4.78, 5) is 29.4. The maximum absolute atomic E-state index is 13.2. The monoisotopic (exact) mass is 329 g/mol. The summed E-state index contributed by atoms with van der Waals surface area (Å²) in [7, 11) is 0. The minimum atomic E-state index is -0.285. The van der Waals surface area contributed by atoms with Crippen molar-refractivity contribution >= 4 is 11.9 Å². The number of rotatable bonds is 4. The van der Waals surface area contributed by atoms with Gasteiger partial charge >= 0.3 is 6.03 Å². The Morgan fingerprint density at radius 1 is 1.12 bits per heavy atom. The highest BCUT2D eigenvalue weighted by Crippen LogP contribution is 2.57. The van der Waals surface area contributed by atoms with Crippen LogP contribution >= 0.6 is 0 Å². The number of nitrogens with two attached hydrogens (primary N) is 1. The lowest BCUT2D eigenvalue weighted by molar-refractivity contribution is -0.137. The van der Waals surface area contributed by atoms with Crippen molar-refractivity contribution in [1.82, 2.24) is 9.80 Å². The van der Waals surface area contributed by atoms with E-state index in [9.17, 15) is 9.59 Å². The van der Waals surface area contributed by atoms with Gasteiger partial charge in [0.1, 0.15) is 0 Å². The lowest BCUT2D eigenvalue weighted by Crippen LogP contribution is -2.60. The second-order valence-electron chi connectivity index (χ2n) is 9.00. The number of amides is 3. The van der Waals surface area contributed by atoms with Crippen LogP contribution in [0.15, 0.2) is 12.2 Å². The Morgan fingerprint density at radius 3 is 2.38 bits per heavy atom. The number of hydrogen-bond acceptors (Lipinski definition) is 2. The molecule has 4 aliphatic carbocycles. The van der Waals surface area contributed by atoms with Gasteiger partial charge in [0.05, 0.1) is 5.54 Å². The number of primary amides is 1. The van der Waals surface area contributed by atoms with E-state index in [-0.39, 0.29) is 28.4 Å². The van der Waals surface area contributed by atoms with E-state index < -0.39 is 0 Å². The molecule has 5 heteroatoms.